The lowest BCUT2D eigenvalue weighted by Crippen LogP contribution is -2.25. The van der Waals surface area contributed by atoms with Crippen LogP contribution in [0.5, 0.6) is 5.75 Å². The van der Waals surface area contributed by atoms with Crippen LogP contribution in [-0.2, 0) is 5.41 Å². The van der Waals surface area contributed by atoms with E-state index in [1.54, 1.807) is 0 Å². The van der Waals surface area contributed by atoms with E-state index in [-0.39, 0.29) is 5.41 Å². The molecule has 2 heteroatoms. The zero-order chi connectivity index (χ0) is 13.8. The van der Waals surface area contributed by atoms with Gasteiger partial charge in [0.15, 0.2) is 0 Å². The summed E-state index contributed by atoms with van der Waals surface area (Å²) in [6, 6.07) is 8.21. The van der Waals surface area contributed by atoms with E-state index >= 15 is 0 Å². The Morgan fingerprint density at radius 3 is 2.06 bits per heavy atom. The van der Waals surface area contributed by atoms with Gasteiger partial charge in [0.1, 0.15) is 5.75 Å². The predicted octanol–water partition coefficient (Wildman–Crippen LogP) is 3.91. The first-order valence-corrected chi connectivity index (χ1v) is 6.70. The normalized spacial score (nSPS) is 15.2. The van der Waals surface area contributed by atoms with Crippen molar-refractivity contribution >= 4 is 0 Å². The van der Waals surface area contributed by atoms with Crippen LogP contribution in [0.4, 0.5) is 0 Å². The van der Waals surface area contributed by atoms with Gasteiger partial charge in [0.05, 0.1) is 12.2 Å². The van der Waals surface area contributed by atoms with Gasteiger partial charge < -0.3 is 9.84 Å². The Morgan fingerprint density at radius 1 is 1.06 bits per heavy atom. The van der Waals surface area contributed by atoms with E-state index in [0.29, 0.717) is 13.0 Å². The number of hydrogen-bond donors (Lipinski definition) is 1. The topological polar surface area (TPSA) is 29.5 Å². The molecule has 0 aliphatic carbocycles. The summed E-state index contributed by atoms with van der Waals surface area (Å²) >= 11 is 0. The molecular weight excluding hydrogens is 224 g/mol. The van der Waals surface area contributed by atoms with Crippen molar-refractivity contribution in [1.29, 1.82) is 0 Å². The lowest BCUT2D eigenvalue weighted by molar-refractivity contribution is 0.0333. The van der Waals surface area contributed by atoms with Gasteiger partial charge in [-0.05, 0) is 36.5 Å². The molecule has 0 aliphatic heterocycles. The number of ether oxygens (including phenoxy) is 1. The molecule has 0 heterocycles. The van der Waals surface area contributed by atoms with Crippen molar-refractivity contribution in [3.8, 4) is 5.75 Å². The standard InChI is InChI=1S/C16H26O2/c1-6-16(5,17)11-12-18-14-9-7-13(8-10-14)15(2,3)4/h7-10,17H,6,11-12H2,1-5H3. The molecule has 0 aromatic heterocycles. The smallest absolute Gasteiger partial charge is 0.119 e. The predicted molar refractivity (Wildman–Crippen MR) is 76.2 cm³/mol. The fourth-order valence-corrected chi connectivity index (χ4v) is 1.62. The van der Waals surface area contributed by atoms with Crippen LogP contribution in [0.1, 0.15) is 53.0 Å². The van der Waals surface area contributed by atoms with Gasteiger partial charge in [-0.15, -0.1) is 0 Å². The van der Waals surface area contributed by atoms with E-state index in [0.717, 1.165) is 12.2 Å². The summed E-state index contributed by atoms with van der Waals surface area (Å²) in [6.45, 7) is 11.0. The van der Waals surface area contributed by atoms with E-state index in [1.807, 2.05) is 26.0 Å². The van der Waals surface area contributed by atoms with Crippen LogP contribution in [0.15, 0.2) is 24.3 Å². The second kappa shape index (κ2) is 5.75. The number of benzene rings is 1. The van der Waals surface area contributed by atoms with Crippen molar-refractivity contribution in [2.45, 2.75) is 58.5 Å². The van der Waals surface area contributed by atoms with Gasteiger partial charge in [-0.25, -0.2) is 0 Å². The minimum absolute atomic E-state index is 0.171. The van der Waals surface area contributed by atoms with Crippen LogP contribution < -0.4 is 4.74 Å². The number of rotatable bonds is 5. The SMILES string of the molecule is CCC(C)(O)CCOc1ccc(C(C)(C)C)cc1. The van der Waals surface area contributed by atoms with E-state index in [9.17, 15) is 5.11 Å². The molecule has 0 fully saturated rings. The lowest BCUT2D eigenvalue weighted by atomic mass is 9.87. The minimum atomic E-state index is -0.620. The monoisotopic (exact) mass is 250 g/mol. The number of aliphatic hydroxyl groups is 1. The van der Waals surface area contributed by atoms with E-state index < -0.39 is 5.60 Å². The van der Waals surface area contributed by atoms with Crippen molar-refractivity contribution in [2.24, 2.45) is 0 Å². The Bertz CT molecular complexity index is 358. The average Bonchev–Trinajstić information content (AvgIpc) is 2.28. The molecule has 1 rings (SSSR count). The Labute approximate surface area is 111 Å². The molecule has 2 nitrogen and oxygen atoms in total. The molecule has 1 atom stereocenters. The summed E-state index contributed by atoms with van der Waals surface area (Å²) < 4.78 is 5.65. The molecule has 0 bridgehead atoms. The Balaban J connectivity index is 2.50. The van der Waals surface area contributed by atoms with Crippen LogP contribution in [-0.4, -0.2) is 17.3 Å². The van der Waals surface area contributed by atoms with Crippen LogP contribution in [0.25, 0.3) is 0 Å². The minimum Gasteiger partial charge on any atom is -0.493 e. The third-order valence-electron chi connectivity index (χ3n) is 3.39. The van der Waals surface area contributed by atoms with E-state index in [1.165, 1.54) is 5.56 Å². The molecule has 0 spiro atoms. The molecule has 0 amide bonds. The van der Waals surface area contributed by atoms with Crippen LogP contribution in [0.3, 0.4) is 0 Å². The quantitative estimate of drug-likeness (QED) is 0.858. The molecule has 0 saturated heterocycles. The summed E-state index contributed by atoms with van der Waals surface area (Å²) in [6.07, 6.45) is 1.41. The second-order valence-corrected chi connectivity index (χ2v) is 6.22. The summed E-state index contributed by atoms with van der Waals surface area (Å²) in [7, 11) is 0. The Hall–Kier alpha value is -1.02. The summed E-state index contributed by atoms with van der Waals surface area (Å²) in [5.41, 5.74) is 0.853. The molecule has 1 aromatic rings. The molecule has 18 heavy (non-hydrogen) atoms. The molecule has 0 radical (unpaired) electrons. The van der Waals surface area contributed by atoms with E-state index in [2.05, 4.69) is 32.9 Å². The summed E-state index contributed by atoms with van der Waals surface area (Å²) in [5.74, 6) is 0.870. The Morgan fingerprint density at radius 2 is 1.61 bits per heavy atom. The highest BCUT2D eigenvalue weighted by atomic mass is 16.5. The van der Waals surface area contributed by atoms with Crippen molar-refractivity contribution in [3.63, 3.8) is 0 Å². The number of hydrogen-bond acceptors (Lipinski definition) is 2. The Kier molecular flexibility index (Phi) is 4.80. The fraction of sp³-hybridized carbons (Fsp3) is 0.625. The van der Waals surface area contributed by atoms with Gasteiger partial charge in [-0.3, -0.25) is 0 Å². The maximum atomic E-state index is 9.87. The highest BCUT2D eigenvalue weighted by Gasteiger charge is 2.17. The van der Waals surface area contributed by atoms with Gasteiger partial charge in [-0.1, -0.05) is 39.8 Å². The van der Waals surface area contributed by atoms with Gasteiger partial charge in [0.25, 0.3) is 0 Å². The highest BCUT2D eigenvalue weighted by molar-refractivity contribution is 5.31. The van der Waals surface area contributed by atoms with Gasteiger partial charge >= 0.3 is 0 Å². The van der Waals surface area contributed by atoms with Crippen molar-refractivity contribution in [1.82, 2.24) is 0 Å². The molecule has 1 unspecified atom stereocenters. The summed E-state index contributed by atoms with van der Waals surface area (Å²) in [5, 5.41) is 9.87. The van der Waals surface area contributed by atoms with Crippen molar-refractivity contribution in [3.05, 3.63) is 29.8 Å². The summed E-state index contributed by atoms with van der Waals surface area (Å²) in [4.78, 5) is 0. The molecule has 0 saturated carbocycles. The van der Waals surface area contributed by atoms with Crippen molar-refractivity contribution < 1.29 is 9.84 Å². The maximum Gasteiger partial charge on any atom is 0.119 e. The third kappa shape index (κ3) is 4.69. The van der Waals surface area contributed by atoms with Gasteiger partial charge in [0.2, 0.25) is 0 Å². The largest absolute Gasteiger partial charge is 0.493 e. The molecule has 0 aliphatic rings. The first kappa shape index (κ1) is 15.0. The molecule has 1 aromatic carbocycles. The first-order valence-electron chi connectivity index (χ1n) is 6.70. The van der Waals surface area contributed by atoms with Crippen LogP contribution in [0.2, 0.25) is 0 Å². The molecular formula is C16H26O2. The molecule has 1 N–H and O–H groups in total. The lowest BCUT2D eigenvalue weighted by Gasteiger charge is -2.21. The van der Waals surface area contributed by atoms with Crippen LogP contribution in [0, 0.1) is 0 Å². The van der Waals surface area contributed by atoms with Gasteiger partial charge in [0, 0.05) is 6.42 Å². The maximum absolute atomic E-state index is 9.87. The average molecular weight is 250 g/mol. The highest BCUT2D eigenvalue weighted by Crippen LogP contribution is 2.24. The second-order valence-electron chi connectivity index (χ2n) is 6.22. The first-order chi connectivity index (χ1) is 8.24. The molecule has 102 valence electrons. The fourth-order valence-electron chi connectivity index (χ4n) is 1.62. The van der Waals surface area contributed by atoms with Gasteiger partial charge in [-0.2, -0.15) is 0 Å². The zero-order valence-corrected chi connectivity index (χ0v) is 12.3. The van der Waals surface area contributed by atoms with Crippen molar-refractivity contribution in [2.75, 3.05) is 6.61 Å². The zero-order valence-electron chi connectivity index (χ0n) is 12.3. The third-order valence-corrected chi connectivity index (χ3v) is 3.39. The van der Waals surface area contributed by atoms with Crippen LogP contribution >= 0.6 is 0 Å². The van der Waals surface area contributed by atoms with E-state index in [4.69, 9.17) is 4.74 Å².